The first-order chi connectivity index (χ1) is 14.9. The van der Waals surface area contributed by atoms with Crippen LogP contribution in [0.5, 0.6) is 0 Å². The number of carbonyl (C=O) groups excluding carboxylic acids is 3. The molecule has 4 amide bonds. The Bertz CT molecular complexity index is 902. The molecule has 2 N–H and O–H groups in total. The normalized spacial score (nSPS) is 18.4. The smallest absolute Gasteiger partial charge is 0.325 e. The fraction of sp³-hybridized carbons (Fsp3) is 0.375. The van der Waals surface area contributed by atoms with E-state index in [9.17, 15) is 14.4 Å². The number of imide groups is 1. The van der Waals surface area contributed by atoms with Crippen molar-refractivity contribution in [2.45, 2.75) is 38.3 Å². The third kappa shape index (κ3) is 5.49. The maximum Gasteiger partial charge on any atom is 0.325 e. The summed E-state index contributed by atoms with van der Waals surface area (Å²) in [4.78, 5) is 39.6. The lowest BCUT2D eigenvalue weighted by molar-refractivity contribution is -0.135. The maximum absolute atomic E-state index is 13.5. The summed E-state index contributed by atoms with van der Waals surface area (Å²) in [6, 6.07) is 18.1. The standard InChI is InChI=1S/C24H29N3O4/c1-18(2)31-15-9-14-25-21(28)17-27-22(29)24(26-23(27)30,20-12-7-4-8-13-20)16-19-10-5-3-6-11-19/h3-8,10-13,18H,9,14-17H2,1-2H3,(H,25,28)(H,26,30)/t24-/m1/s1. The molecular formula is C24H29N3O4. The van der Waals surface area contributed by atoms with Gasteiger partial charge in [0.1, 0.15) is 6.54 Å². The van der Waals surface area contributed by atoms with Crippen LogP contribution in [0, 0.1) is 0 Å². The third-order valence-corrected chi connectivity index (χ3v) is 5.15. The van der Waals surface area contributed by atoms with Crippen molar-refractivity contribution < 1.29 is 19.1 Å². The second-order valence-electron chi connectivity index (χ2n) is 7.88. The van der Waals surface area contributed by atoms with Gasteiger partial charge in [0.15, 0.2) is 5.54 Å². The van der Waals surface area contributed by atoms with Crippen molar-refractivity contribution in [2.75, 3.05) is 19.7 Å². The van der Waals surface area contributed by atoms with Crippen LogP contribution in [-0.4, -0.2) is 48.5 Å². The van der Waals surface area contributed by atoms with E-state index in [4.69, 9.17) is 4.74 Å². The van der Waals surface area contributed by atoms with E-state index in [0.29, 0.717) is 31.6 Å². The number of carbonyl (C=O) groups is 3. The van der Waals surface area contributed by atoms with Gasteiger partial charge in [-0.05, 0) is 31.4 Å². The summed E-state index contributed by atoms with van der Waals surface area (Å²) in [6.45, 7) is 4.53. The van der Waals surface area contributed by atoms with Crippen LogP contribution in [0.2, 0.25) is 0 Å². The summed E-state index contributed by atoms with van der Waals surface area (Å²) in [6.07, 6.45) is 1.09. The topological polar surface area (TPSA) is 87.7 Å². The lowest BCUT2D eigenvalue weighted by atomic mass is 9.83. The van der Waals surface area contributed by atoms with Crippen LogP contribution >= 0.6 is 0 Å². The molecule has 0 bridgehead atoms. The molecule has 1 atom stereocenters. The molecule has 1 heterocycles. The van der Waals surface area contributed by atoms with Crippen molar-refractivity contribution in [3.63, 3.8) is 0 Å². The number of hydrogen-bond acceptors (Lipinski definition) is 4. The van der Waals surface area contributed by atoms with Gasteiger partial charge in [0, 0.05) is 19.6 Å². The monoisotopic (exact) mass is 423 g/mol. The van der Waals surface area contributed by atoms with E-state index in [-0.39, 0.29) is 18.6 Å². The van der Waals surface area contributed by atoms with Gasteiger partial charge in [-0.2, -0.15) is 0 Å². The number of amides is 4. The van der Waals surface area contributed by atoms with Crippen molar-refractivity contribution >= 4 is 17.8 Å². The highest BCUT2D eigenvalue weighted by Gasteiger charge is 2.52. The molecule has 7 nitrogen and oxygen atoms in total. The van der Waals surface area contributed by atoms with Gasteiger partial charge in [-0.3, -0.25) is 14.5 Å². The first kappa shape index (κ1) is 22.5. The van der Waals surface area contributed by atoms with Gasteiger partial charge in [-0.25, -0.2) is 4.79 Å². The van der Waals surface area contributed by atoms with Crippen molar-refractivity contribution in [3.05, 3.63) is 71.8 Å². The van der Waals surface area contributed by atoms with Crippen molar-refractivity contribution in [2.24, 2.45) is 0 Å². The number of rotatable bonds is 10. The minimum absolute atomic E-state index is 0.136. The quantitative estimate of drug-likeness (QED) is 0.454. The summed E-state index contributed by atoms with van der Waals surface area (Å²) >= 11 is 0. The van der Waals surface area contributed by atoms with Gasteiger partial charge >= 0.3 is 6.03 Å². The molecule has 2 aromatic carbocycles. The highest BCUT2D eigenvalue weighted by Crippen LogP contribution is 2.32. The van der Waals surface area contributed by atoms with E-state index in [1.165, 1.54) is 0 Å². The second kappa shape index (κ2) is 10.2. The van der Waals surface area contributed by atoms with Gasteiger partial charge in [-0.15, -0.1) is 0 Å². The van der Waals surface area contributed by atoms with E-state index in [0.717, 1.165) is 10.5 Å². The SMILES string of the molecule is CC(C)OCCCNC(=O)CN1C(=O)N[C@](Cc2ccccc2)(c2ccccc2)C1=O. The molecule has 0 aromatic heterocycles. The Morgan fingerprint density at radius 3 is 2.35 bits per heavy atom. The molecule has 0 aliphatic carbocycles. The van der Waals surface area contributed by atoms with E-state index in [2.05, 4.69) is 10.6 Å². The molecular weight excluding hydrogens is 394 g/mol. The van der Waals surface area contributed by atoms with Crippen LogP contribution in [-0.2, 0) is 26.3 Å². The molecule has 1 fully saturated rings. The minimum Gasteiger partial charge on any atom is -0.379 e. The van der Waals surface area contributed by atoms with Crippen molar-refractivity contribution in [3.8, 4) is 0 Å². The third-order valence-electron chi connectivity index (χ3n) is 5.15. The largest absolute Gasteiger partial charge is 0.379 e. The average Bonchev–Trinajstić information content (AvgIpc) is 2.99. The Balaban J connectivity index is 1.72. The molecule has 0 spiro atoms. The van der Waals surface area contributed by atoms with Crippen LogP contribution in [0.25, 0.3) is 0 Å². The Morgan fingerprint density at radius 1 is 1.06 bits per heavy atom. The number of urea groups is 1. The number of nitrogens with one attached hydrogen (secondary N) is 2. The first-order valence-electron chi connectivity index (χ1n) is 10.5. The van der Waals surface area contributed by atoms with E-state index in [1.807, 2.05) is 74.5 Å². The highest BCUT2D eigenvalue weighted by molar-refractivity contribution is 6.09. The zero-order valence-electron chi connectivity index (χ0n) is 18.0. The van der Waals surface area contributed by atoms with E-state index in [1.54, 1.807) is 0 Å². The predicted octanol–water partition coefficient (Wildman–Crippen LogP) is 2.61. The van der Waals surface area contributed by atoms with Gasteiger partial charge in [0.05, 0.1) is 6.10 Å². The molecule has 1 aliphatic rings. The molecule has 2 aromatic rings. The maximum atomic E-state index is 13.5. The summed E-state index contributed by atoms with van der Waals surface area (Å²) in [5.74, 6) is -0.803. The van der Waals surface area contributed by atoms with Gasteiger partial charge in [0.2, 0.25) is 5.91 Å². The van der Waals surface area contributed by atoms with Crippen LogP contribution in [0.3, 0.4) is 0 Å². The van der Waals surface area contributed by atoms with Gasteiger partial charge in [-0.1, -0.05) is 60.7 Å². The van der Waals surface area contributed by atoms with Gasteiger partial charge < -0.3 is 15.4 Å². The number of ether oxygens (including phenoxy) is 1. The zero-order valence-corrected chi connectivity index (χ0v) is 18.0. The number of nitrogens with zero attached hydrogens (tertiary/aromatic N) is 1. The molecule has 1 aliphatic heterocycles. The van der Waals surface area contributed by atoms with Crippen LogP contribution in [0.1, 0.15) is 31.4 Å². The fourth-order valence-electron chi connectivity index (χ4n) is 3.63. The summed E-state index contributed by atoms with van der Waals surface area (Å²) in [7, 11) is 0. The molecule has 0 radical (unpaired) electrons. The Kier molecular flexibility index (Phi) is 7.41. The molecule has 7 heteroatoms. The predicted molar refractivity (Wildman–Crippen MR) is 117 cm³/mol. The summed E-state index contributed by atoms with van der Waals surface area (Å²) in [5.41, 5.74) is 0.354. The molecule has 3 rings (SSSR count). The Morgan fingerprint density at radius 2 is 1.71 bits per heavy atom. The Hall–Kier alpha value is -3.19. The lowest BCUT2D eigenvalue weighted by Crippen LogP contribution is -2.47. The van der Waals surface area contributed by atoms with E-state index >= 15 is 0 Å². The Labute approximate surface area is 182 Å². The van der Waals surface area contributed by atoms with E-state index < -0.39 is 17.5 Å². The molecule has 1 saturated heterocycles. The van der Waals surface area contributed by atoms with Crippen LogP contribution < -0.4 is 10.6 Å². The molecule has 164 valence electrons. The van der Waals surface area contributed by atoms with Crippen molar-refractivity contribution in [1.82, 2.24) is 15.5 Å². The molecule has 0 unspecified atom stereocenters. The lowest BCUT2D eigenvalue weighted by Gasteiger charge is -2.27. The summed E-state index contributed by atoms with van der Waals surface area (Å²) < 4.78 is 5.44. The van der Waals surface area contributed by atoms with Crippen LogP contribution in [0.15, 0.2) is 60.7 Å². The summed E-state index contributed by atoms with van der Waals surface area (Å²) in [5, 5.41) is 5.61. The average molecular weight is 424 g/mol. The van der Waals surface area contributed by atoms with Crippen molar-refractivity contribution in [1.29, 1.82) is 0 Å². The minimum atomic E-state index is -1.24. The molecule has 0 saturated carbocycles. The van der Waals surface area contributed by atoms with Crippen LogP contribution in [0.4, 0.5) is 4.79 Å². The fourth-order valence-corrected chi connectivity index (χ4v) is 3.63. The highest BCUT2D eigenvalue weighted by atomic mass is 16.5. The molecule has 31 heavy (non-hydrogen) atoms. The number of hydrogen-bond donors (Lipinski definition) is 2. The number of benzene rings is 2. The zero-order chi connectivity index (χ0) is 22.3. The second-order valence-corrected chi connectivity index (χ2v) is 7.88. The van der Waals surface area contributed by atoms with Gasteiger partial charge in [0.25, 0.3) is 5.91 Å². The first-order valence-corrected chi connectivity index (χ1v) is 10.5.